The van der Waals surface area contributed by atoms with E-state index in [1.54, 1.807) is 7.05 Å². The third-order valence-electron chi connectivity index (χ3n) is 3.67. The predicted octanol–water partition coefficient (Wildman–Crippen LogP) is 0.902. The fraction of sp³-hybridized carbons (Fsp3) is 0.533. The molecule has 1 aliphatic rings. The molecule has 20 heavy (non-hydrogen) atoms. The number of hydrogen-bond acceptors (Lipinski definition) is 3. The Hall–Kier alpha value is -1.59. The van der Waals surface area contributed by atoms with Crippen LogP contribution in [0, 0.1) is 6.92 Å². The van der Waals surface area contributed by atoms with E-state index in [1.807, 2.05) is 0 Å². The quantitative estimate of drug-likeness (QED) is 0.633. The second kappa shape index (κ2) is 7.26. The summed E-state index contributed by atoms with van der Waals surface area (Å²) in [6, 6.07) is 8.98. The second-order valence-electron chi connectivity index (χ2n) is 5.06. The molecule has 2 rings (SSSR count). The van der Waals surface area contributed by atoms with E-state index in [0.717, 1.165) is 32.8 Å². The van der Waals surface area contributed by atoms with Crippen molar-refractivity contribution in [3.05, 3.63) is 35.4 Å². The first kappa shape index (κ1) is 14.8. The molecule has 0 spiro atoms. The minimum atomic E-state index is 0.291. The molecule has 1 aromatic rings. The Morgan fingerprint density at radius 3 is 2.60 bits per heavy atom. The fourth-order valence-electron chi connectivity index (χ4n) is 2.42. The van der Waals surface area contributed by atoms with E-state index in [4.69, 9.17) is 10.5 Å². The summed E-state index contributed by atoms with van der Waals surface area (Å²) in [4.78, 5) is 6.39. The normalized spacial score (nSPS) is 18.8. The van der Waals surface area contributed by atoms with Gasteiger partial charge in [-0.1, -0.05) is 29.8 Å². The van der Waals surface area contributed by atoms with E-state index in [0.29, 0.717) is 12.0 Å². The predicted molar refractivity (Wildman–Crippen MR) is 81.9 cm³/mol. The number of benzene rings is 1. The number of morpholine rings is 1. The van der Waals surface area contributed by atoms with Crippen molar-refractivity contribution in [2.24, 2.45) is 10.7 Å². The van der Waals surface area contributed by atoms with Crippen molar-refractivity contribution in [2.45, 2.75) is 13.0 Å². The number of aliphatic imine (C=N–C) groups is 1. The maximum Gasteiger partial charge on any atom is 0.188 e. The van der Waals surface area contributed by atoms with Gasteiger partial charge in [-0.3, -0.25) is 9.89 Å². The highest BCUT2D eigenvalue weighted by atomic mass is 16.5. The van der Waals surface area contributed by atoms with Gasteiger partial charge in [0.05, 0.1) is 19.3 Å². The van der Waals surface area contributed by atoms with Gasteiger partial charge in [-0.2, -0.15) is 0 Å². The lowest BCUT2D eigenvalue weighted by Crippen LogP contribution is -2.45. The van der Waals surface area contributed by atoms with Gasteiger partial charge in [-0.25, -0.2) is 0 Å². The third kappa shape index (κ3) is 3.95. The highest BCUT2D eigenvalue weighted by molar-refractivity contribution is 5.77. The Labute approximate surface area is 120 Å². The number of hydrogen-bond donors (Lipinski definition) is 2. The van der Waals surface area contributed by atoms with Crippen molar-refractivity contribution in [2.75, 3.05) is 39.9 Å². The number of rotatable bonds is 4. The third-order valence-corrected chi connectivity index (χ3v) is 3.67. The molecule has 0 amide bonds. The first-order valence-electron chi connectivity index (χ1n) is 7.05. The Morgan fingerprint density at radius 2 is 2.00 bits per heavy atom. The highest BCUT2D eigenvalue weighted by Gasteiger charge is 2.22. The smallest absolute Gasteiger partial charge is 0.188 e. The SMILES string of the molecule is CN=C(N)NCC(c1ccc(C)cc1)N1CCOCC1. The minimum Gasteiger partial charge on any atom is -0.379 e. The highest BCUT2D eigenvalue weighted by Crippen LogP contribution is 2.21. The van der Waals surface area contributed by atoms with Crippen molar-refractivity contribution >= 4 is 5.96 Å². The molecule has 0 radical (unpaired) electrons. The van der Waals surface area contributed by atoms with E-state index < -0.39 is 0 Å². The van der Waals surface area contributed by atoms with Gasteiger partial charge in [-0.15, -0.1) is 0 Å². The lowest BCUT2D eigenvalue weighted by atomic mass is 10.0. The summed E-state index contributed by atoms with van der Waals surface area (Å²) in [5, 5.41) is 3.19. The zero-order valence-electron chi connectivity index (χ0n) is 12.3. The van der Waals surface area contributed by atoms with Crippen LogP contribution in [-0.2, 0) is 4.74 Å². The maximum atomic E-state index is 5.75. The number of ether oxygens (including phenoxy) is 1. The molecule has 1 heterocycles. The molecule has 110 valence electrons. The van der Waals surface area contributed by atoms with Crippen LogP contribution in [0.1, 0.15) is 17.2 Å². The summed E-state index contributed by atoms with van der Waals surface area (Å²) in [5.41, 5.74) is 8.32. The maximum absolute atomic E-state index is 5.75. The Bertz CT molecular complexity index is 438. The lowest BCUT2D eigenvalue weighted by Gasteiger charge is -2.35. The minimum absolute atomic E-state index is 0.291. The van der Waals surface area contributed by atoms with E-state index >= 15 is 0 Å². The van der Waals surface area contributed by atoms with Crippen molar-refractivity contribution in [3.63, 3.8) is 0 Å². The largest absolute Gasteiger partial charge is 0.379 e. The van der Waals surface area contributed by atoms with Crippen LogP contribution in [0.2, 0.25) is 0 Å². The van der Waals surface area contributed by atoms with Crippen LogP contribution in [0.5, 0.6) is 0 Å². The number of nitrogens with one attached hydrogen (secondary N) is 1. The zero-order chi connectivity index (χ0) is 14.4. The molecule has 1 atom stereocenters. The molecule has 0 aromatic heterocycles. The van der Waals surface area contributed by atoms with Gasteiger partial charge in [0.1, 0.15) is 0 Å². The second-order valence-corrected chi connectivity index (χ2v) is 5.06. The summed E-state index contributed by atoms with van der Waals surface area (Å²) in [6.45, 7) is 6.34. The van der Waals surface area contributed by atoms with Crippen molar-refractivity contribution in [3.8, 4) is 0 Å². The van der Waals surface area contributed by atoms with Gasteiger partial charge in [0.15, 0.2) is 5.96 Å². The summed E-state index contributed by atoms with van der Waals surface area (Å²) in [6.07, 6.45) is 0. The number of nitrogens with two attached hydrogens (primary N) is 1. The van der Waals surface area contributed by atoms with E-state index in [9.17, 15) is 0 Å². The van der Waals surface area contributed by atoms with Crippen LogP contribution < -0.4 is 11.1 Å². The Kier molecular flexibility index (Phi) is 5.38. The van der Waals surface area contributed by atoms with Crippen molar-refractivity contribution in [1.82, 2.24) is 10.2 Å². The van der Waals surface area contributed by atoms with E-state index in [-0.39, 0.29) is 0 Å². The van der Waals surface area contributed by atoms with Crippen LogP contribution in [0.25, 0.3) is 0 Å². The van der Waals surface area contributed by atoms with Crippen LogP contribution in [0.15, 0.2) is 29.3 Å². The summed E-state index contributed by atoms with van der Waals surface area (Å²) >= 11 is 0. The molecule has 0 aliphatic carbocycles. The standard InChI is InChI=1S/C15H24N4O/c1-12-3-5-13(6-4-12)14(11-18-15(16)17-2)19-7-9-20-10-8-19/h3-6,14H,7-11H2,1-2H3,(H3,16,17,18). The molecular weight excluding hydrogens is 252 g/mol. The summed E-state index contributed by atoms with van der Waals surface area (Å²) in [7, 11) is 1.69. The monoisotopic (exact) mass is 276 g/mol. The van der Waals surface area contributed by atoms with Crippen LogP contribution in [-0.4, -0.2) is 50.8 Å². The van der Waals surface area contributed by atoms with Crippen LogP contribution in [0.4, 0.5) is 0 Å². The molecule has 1 unspecified atom stereocenters. The summed E-state index contributed by atoms with van der Waals surface area (Å²) < 4.78 is 5.44. The molecule has 3 N–H and O–H groups in total. The number of guanidine groups is 1. The van der Waals surface area contributed by atoms with Gasteiger partial charge in [0.25, 0.3) is 0 Å². The fourth-order valence-corrected chi connectivity index (χ4v) is 2.42. The van der Waals surface area contributed by atoms with Crippen LogP contribution in [0.3, 0.4) is 0 Å². The van der Waals surface area contributed by atoms with Gasteiger partial charge >= 0.3 is 0 Å². The molecule has 5 nitrogen and oxygen atoms in total. The molecule has 1 saturated heterocycles. The van der Waals surface area contributed by atoms with Gasteiger partial charge in [0, 0.05) is 26.7 Å². The number of aryl methyl sites for hydroxylation is 1. The molecular formula is C15H24N4O. The molecule has 1 aromatic carbocycles. The van der Waals surface area contributed by atoms with Gasteiger partial charge in [-0.05, 0) is 12.5 Å². The topological polar surface area (TPSA) is 62.9 Å². The van der Waals surface area contributed by atoms with E-state index in [1.165, 1.54) is 11.1 Å². The Balaban J connectivity index is 2.11. The van der Waals surface area contributed by atoms with E-state index in [2.05, 4.69) is 46.4 Å². The van der Waals surface area contributed by atoms with Crippen molar-refractivity contribution < 1.29 is 4.74 Å². The van der Waals surface area contributed by atoms with Crippen molar-refractivity contribution in [1.29, 1.82) is 0 Å². The summed E-state index contributed by atoms with van der Waals surface area (Å²) in [5.74, 6) is 0.482. The molecule has 0 saturated carbocycles. The lowest BCUT2D eigenvalue weighted by molar-refractivity contribution is 0.0170. The molecule has 5 heteroatoms. The number of nitrogens with zero attached hydrogens (tertiary/aromatic N) is 2. The molecule has 1 fully saturated rings. The first-order valence-corrected chi connectivity index (χ1v) is 7.05. The van der Waals surface area contributed by atoms with Crippen LogP contribution >= 0.6 is 0 Å². The first-order chi connectivity index (χ1) is 9.70. The Morgan fingerprint density at radius 1 is 1.35 bits per heavy atom. The average Bonchev–Trinajstić information content (AvgIpc) is 2.50. The molecule has 1 aliphatic heterocycles. The van der Waals surface area contributed by atoms with Gasteiger partial charge < -0.3 is 15.8 Å². The average molecular weight is 276 g/mol. The van der Waals surface area contributed by atoms with Gasteiger partial charge in [0.2, 0.25) is 0 Å². The zero-order valence-corrected chi connectivity index (χ0v) is 12.3. The molecule has 0 bridgehead atoms.